The number of rotatable bonds is 9. The number of hydrogen-bond acceptors (Lipinski definition) is 5. The Balaban J connectivity index is 1.21. The molecule has 8 nitrogen and oxygen atoms in total. The highest BCUT2D eigenvalue weighted by Crippen LogP contribution is 2.36. The van der Waals surface area contributed by atoms with Crippen LogP contribution in [0.15, 0.2) is 79.1 Å². The molecular weight excluding hydrogens is 553 g/mol. The Morgan fingerprint density at radius 2 is 1.80 bits per heavy atom. The number of fused-ring (bicyclic) bond motifs is 2. The van der Waals surface area contributed by atoms with Gasteiger partial charge in [0, 0.05) is 52.7 Å². The first-order valence-electron chi connectivity index (χ1n) is 15.0. The Morgan fingerprint density at radius 3 is 2.61 bits per heavy atom. The van der Waals surface area contributed by atoms with E-state index in [1.54, 1.807) is 18.5 Å². The van der Waals surface area contributed by atoms with Gasteiger partial charge in [0.1, 0.15) is 11.5 Å². The van der Waals surface area contributed by atoms with Crippen LogP contribution in [0.1, 0.15) is 19.3 Å². The molecule has 1 aliphatic carbocycles. The van der Waals surface area contributed by atoms with E-state index >= 15 is 0 Å². The van der Waals surface area contributed by atoms with Crippen molar-refractivity contribution in [3.8, 4) is 33.6 Å². The van der Waals surface area contributed by atoms with Crippen LogP contribution in [0.2, 0.25) is 0 Å². The molecule has 4 N–H and O–H groups in total. The molecule has 0 radical (unpaired) electrons. The third-order valence-electron chi connectivity index (χ3n) is 8.39. The van der Waals surface area contributed by atoms with E-state index in [4.69, 9.17) is 0 Å². The Labute approximate surface area is 254 Å². The first kappa shape index (κ1) is 27.8. The van der Waals surface area contributed by atoms with Crippen molar-refractivity contribution in [1.82, 2.24) is 25.1 Å². The van der Waals surface area contributed by atoms with E-state index in [0.29, 0.717) is 5.69 Å². The van der Waals surface area contributed by atoms with Crippen molar-refractivity contribution in [3.63, 3.8) is 0 Å². The number of amides is 1. The fourth-order valence-corrected chi connectivity index (χ4v) is 5.79. The van der Waals surface area contributed by atoms with Crippen molar-refractivity contribution < 1.29 is 9.18 Å². The minimum absolute atomic E-state index is 0.0657. The molecule has 0 spiro atoms. The van der Waals surface area contributed by atoms with Gasteiger partial charge in [0.25, 0.3) is 0 Å². The van der Waals surface area contributed by atoms with Crippen LogP contribution in [0, 0.1) is 11.7 Å². The number of aromatic nitrogens is 4. The molecule has 0 atom stereocenters. The van der Waals surface area contributed by atoms with Crippen LogP contribution in [0.5, 0.6) is 0 Å². The maximum atomic E-state index is 14.7. The monoisotopic (exact) mass is 587 g/mol. The normalized spacial score (nSPS) is 13.5. The minimum Gasteiger partial charge on any atom is -0.384 e. The summed E-state index contributed by atoms with van der Waals surface area (Å²) in [5.41, 5.74) is 8.56. The summed E-state index contributed by atoms with van der Waals surface area (Å²) in [4.78, 5) is 22.5. The quantitative estimate of drug-likeness (QED) is 0.142. The Morgan fingerprint density at radius 1 is 0.932 bits per heavy atom. The van der Waals surface area contributed by atoms with Crippen LogP contribution in [0.3, 0.4) is 0 Å². The van der Waals surface area contributed by atoms with Crippen molar-refractivity contribution in [3.05, 3.63) is 84.9 Å². The molecule has 1 amide bonds. The molecule has 6 aromatic rings. The van der Waals surface area contributed by atoms with Crippen molar-refractivity contribution in [1.29, 1.82) is 0 Å². The molecule has 1 saturated carbocycles. The second kappa shape index (κ2) is 11.6. The van der Waals surface area contributed by atoms with Gasteiger partial charge in [-0.2, -0.15) is 5.10 Å². The van der Waals surface area contributed by atoms with Crippen LogP contribution < -0.4 is 10.6 Å². The zero-order valence-corrected chi connectivity index (χ0v) is 24.7. The summed E-state index contributed by atoms with van der Waals surface area (Å²) in [7, 11) is 4.03. The predicted molar refractivity (Wildman–Crippen MR) is 175 cm³/mol. The third kappa shape index (κ3) is 5.54. The van der Waals surface area contributed by atoms with Gasteiger partial charge in [0.05, 0.1) is 23.1 Å². The average molecular weight is 588 g/mol. The highest BCUT2D eigenvalue weighted by molar-refractivity contribution is 6.02. The molecule has 9 heteroatoms. The number of carbonyl (C=O) groups is 1. The van der Waals surface area contributed by atoms with Crippen LogP contribution in [0.4, 0.5) is 15.8 Å². The van der Waals surface area contributed by atoms with Crippen molar-refractivity contribution in [2.24, 2.45) is 5.92 Å². The number of pyridine rings is 1. The lowest BCUT2D eigenvalue weighted by molar-refractivity contribution is -0.122. The summed E-state index contributed by atoms with van der Waals surface area (Å²) < 4.78 is 14.7. The summed E-state index contributed by atoms with van der Waals surface area (Å²) in [5, 5.41) is 16.1. The summed E-state index contributed by atoms with van der Waals surface area (Å²) in [6.07, 6.45) is 6.50. The van der Waals surface area contributed by atoms with Gasteiger partial charge in [-0.05, 0) is 92.2 Å². The van der Waals surface area contributed by atoms with Crippen LogP contribution in [-0.2, 0) is 4.79 Å². The second-order valence-electron chi connectivity index (χ2n) is 11.8. The number of hydrogen-bond donors (Lipinski definition) is 4. The van der Waals surface area contributed by atoms with E-state index in [2.05, 4.69) is 47.8 Å². The molecule has 222 valence electrons. The first-order chi connectivity index (χ1) is 21.4. The van der Waals surface area contributed by atoms with Crippen molar-refractivity contribution >= 4 is 39.1 Å². The zero-order valence-electron chi connectivity index (χ0n) is 24.7. The van der Waals surface area contributed by atoms with E-state index in [1.807, 2.05) is 56.6 Å². The zero-order chi connectivity index (χ0) is 30.2. The number of benzene rings is 3. The molecule has 44 heavy (non-hydrogen) atoms. The maximum Gasteiger partial charge on any atom is 0.227 e. The highest BCUT2D eigenvalue weighted by atomic mass is 19.1. The summed E-state index contributed by atoms with van der Waals surface area (Å²) in [6, 6.07) is 21.3. The summed E-state index contributed by atoms with van der Waals surface area (Å²) in [5.74, 6) is -0.112. The van der Waals surface area contributed by atoms with E-state index < -0.39 is 0 Å². The molecule has 0 aliphatic heterocycles. The van der Waals surface area contributed by atoms with Crippen molar-refractivity contribution in [2.45, 2.75) is 19.3 Å². The molecule has 3 aromatic heterocycles. The number of likely N-dealkylation sites (N-methyl/N-ethyl adjacent to an activating group) is 1. The molecule has 0 bridgehead atoms. The highest BCUT2D eigenvalue weighted by Gasteiger charge is 2.25. The van der Waals surface area contributed by atoms with Crippen LogP contribution >= 0.6 is 0 Å². The SMILES string of the molecule is CN(C)CCNc1cc(F)cc(-c2cccc3[nH]c(-c4n[nH]c5ccc(-c6cncc(NC(=O)C7CCC7)c6)cc45)cc23)c1. The van der Waals surface area contributed by atoms with Gasteiger partial charge in [-0.25, -0.2) is 4.39 Å². The Bertz CT molecular complexity index is 1990. The molecular formula is C35H34FN7O. The average Bonchev–Trinajstić information content (AvgIpc) is 3.59. The lowest BCUT2D eigenvalue weighted by Crippen LogP contribution is -2.28. The van der Waals surface area contributed by atoms with Gasteiger partial charge >= 0.3 is 0 Å². The molecule has 0 unspecified atom stereocenters. The first-order valence-corrected chi connectivity index (χ1v) is 15.0. The summed E-state index contributed by atoms with van der Waals surface area (Å²) in [6.45, 7) is 1.57. The van der Waals surface area contributed by atoms with E-state index in [-0.39, 0.29) is 17.6 Å². The van der Waals surface area contributed by atoms with Crippen LogP contribution in [0.25, 0.3) is 55.4 Å². The molecule has 1 fully saturated rings. The number of carbonyl (C=O) groups excluding carboxylic acids is 1. The molecule has 0 saturated heterocycles. The number of aromatic amines is 2. The lowest BCUT2D eigenvalue weighted by atomic mass is 9.85. The fraction of sp³-hybridized carbons (Fsp3) is 0.229. The van der Waals surface area contributed by atoms with E-state index in [1.165, 1.54) is 6.07 Å². The van der Waals surface area contributed by atoms with Crippen LogP contribution in [-0.4, -0.2) is 58.2 Å². The smallest absolute Gasteiger partial charge is 0.227 e. The molecule has 3 aromatic carbocycles. The number of anilines is 2. The molecule has 7 rings (SSSR count). The van der Waals surface area contributed by atoms with Gasteiger partial charge in [-0.15, -0.1) is 0 Å². The van der Waals surface area contributed by atoms with Gasteiger partial charge in [0.2, 0.25) is 5.91 Å². The predicted octanol–water partition coefficient (Wildman–Crippen LogP) is 7.29. The largest absolute Gasteiger partial charge is 0.384 e. The lowest BCUT2D eigenvalue weighted by Gasteiger charge is -2.24. The number of nitrogens with one attached hydrogen (secondary N) is 4. The number of halogens is 1. The van der Waals surface area contributed by atoms with E-state index in [0.717, 1.165) is 93.5 Å². The topological polar surface area (TPSA) is 102 Å². The van der Waals surface area contributed by atoms with E-state index in [9.17, 15) is 9.18 Å². The Kier molecular flexibility index (Phi) is 7.31. The van der Waals surface area contributed by atoms with Gasteiger partial charge in [-0.3, -0.25) is 14.9 Å². The fourth-order valence-electron chi connectivity index (χ4n) is 5.79. The molecule has 1 aliphatic rings. The van der Waals surface area contributed by atoms with Crippen molar-refractivity contribution in [2.75, 3.05) is 37.8 Å². The third-order valence-corrected chi connectivity index (χ3v) is 8.39. The standard InChI is InChI=1S/C35H34FN7O/c1-43(2)12-11-38-26-14-23(13-25(36)17-26)28-7-4-8-31-29(28)18-33(40-31)34-30-16-22(9-10-32(30)41-42-34)24-15-27(20-37-19-24)39-35(44)21-5-3-6-21/h4,7-10,13-21,38,40H,3,5-6,11-12H2,1-2H3,(H,39,44)(H,41,42). The molecule has 3 heterocycles. The van der Waals surface area contributed by atoms with Gasteiger partial charge < -0.3 is 20.5 Å². The Hall–Kier alpha value is -5.02. The van der Waals surface area contributed by atoms with Gasteiger partial charge in [0.15, 0.2) is 0 Å². The summed E-state index contributed by atoms with van der Waals surface area (Å²) >= 11 is 0. The minimum atomic E-state index is -0.283. The number of nitrogens with zero attached hydrogens (tertiary/aromatic N) is 3. The maximum absolute atomic E-state index is 14.7. The number of H-pyrrole nitrogens is 2. The second-order valence-corrected chi connectivity index (χ2v) is 11.8. The van der Waals surface area contributed by atoms with Gasteiger partial charge in [-0.1, -0.05) is 24.6 Å².